The average molecular weight is 166 g/mol. The summed E-state index contributed by atoms with van der Waals surface area (Å²) >= 11 is 0. The molecule has 0 radical (unpaired) electrons. The third-order valence-corrected chi connectivity index (χ3v) is 2.43. The summed E-state index contributed by atoms with van der Waals surface area (Å²) in [5.41, 5.74) is 0. The number of nitrogens with one attached hydrogen (secondary N) is 1. The predicted octanol–water partition coefficient (Wildman–Crippen LogP) is 0.848. The topological polar surface area (TPSA) is 20.8 Å². The van der Waals surface area contributed by atoms with Crippen molar-refractivity contribution in [1.29, 1.82) is 0 Å². The lowest BCUT2D eigenvalue weighted by Crippen LogP contribution is -2.54. The summed E-state index contributed by atoms with van der Waals surface area (Å²) in [7, 11) is 0. The van der Waals surface area contributed by atoms with Gasteiger partial charge in [0.25, 0.3) is 0 Å². The van der Waals surface area contributed by atoms with Gasteiger partial charge in [-0.05, 0) is 13.8 Å². The maximum Gasteiger partial charge on any atom is 0.245 e. The van der Waals surface area contributed by atoms with E-state index in [4.69, 9.17) is 0 Å². The van der Waals surface area contributed by atoms with Gasteiger partial charge in [0, 0.05) is 13.0 Å². The van der Waals surface area contributed by atoms with E-state index in [-0.39, 0.29) is 0 Å². The van der Waals surface area contributed by atoms with Crippen LogP contribution in [0.2, 0.25) is 0 Å². The minimum atomic E-state index is 0.546. The molecule has 1 aliphatic heterocycles. The van der Waals surface area contributed by atoms with Crippen LogP contribution in [-0.2, 0) is 0 Å². The highest BCUT2D eigenvalue weighted by atomic mass is 15.3. The van der Waals surface area contributed by atoms with Crippen LogP contribution in [0.3, 0.4) is 0 Å². The molecular formula is C9H16N3+. The summed E-state index contributed by atoms with van der Waals surface area (Å²) in [5, 5.41) is 3.36. The van der Waals surface area contributed by atoms with Crippen molar-refractivity contribution in [1.82, 2.24) is 9.88 Å². The quantitative estimate of drug-likeness (QED) is 0.646. The largest absolute Gasteiger partial charge is 0.278 e. The Morgan fingerprint density at radius 2 is 2.33 bits per heavy atom. The van der Waals surface area contributed by atoms with E-state index in [1.165, 1.54) is 6.42 Å². The average Bonchev–Trinajstić information content (AvgIpc) is 2.32. The van der Waals surface area contributed by atoms with Crippen LogP contribution < -0.4 is 9.88 Å². The minimum Gasteiger partial charge on any atom is -0.278 e. The second-order valence-electron chi connectivity index (χ2n) is 3.66. The van der Waals surface area contributed by atoms with E-state index in [1.54, 1.807) is 0 Å². The summed E-state index contributed by atoms with van der Waals surface area (Å²) in [4.78, 5) is 0. The van der Waals surface area contributed by atoms with Gasteiger partial charge in [0.2, 0.25) is 6.33 Å². The molecule has 1 aliphatic rings. The maximum absolute atomic E-state index is 3.36. The Balaban J connectivity index is 2.12. The summed E-state index contributed by atoms with van der Waals surface area (Å²) in [6.45, 7) is 5.54. The van der Waals surface area contributed by atoms with Gasteiger partial charge in [-0.25, -0.2) is 9.13 Å². The first-order valence-electron chi connectivity index (χ1n) is 4.59. The Kier molecular flexibility index (Phi) is 1.89. The van der Waals surface area contributed by atoms with Crippen molar-refractivity contribution < 1.29 is 4.57 Å². The SMILES string of the molecule is CC(C)n1cc[n+](C2CCN2)c1. The molecule has 2 heterocycles. The zero-order chi connectivity index (χ0) is 8.55. The summed E-state index contributed by atoms with van der Waals surface area (Å²) in [5.74, 6) is 0. The van der Waals surface area contributed by atoms with Crippen LogP contribution in [0.4, 0.5) is 0 Å². The first-order chi connectivity index (χ1) is 5.77. The first kappa shape index (κ1) is 7.80. The Bertz CT molecular complexity index is 260. The van der Waals surface area contributed by atoms with E-state index in [0.29, 0.717) is 12.2 Å². The molecule has 1 atom stereocenters. The smallest absolute Gasteiger partial charge is 0.245 e. The van der Waals surface area contributed by atoms with Crippen molar-refractivity contribution in [3.8, 4) is 0 Å². The Morgan fingerprint density at radius 1 is 1.58 bits per heavy atom. The third-order valence-electron chi connectivity index (χ3n) is 2.43. The number of nitrogens with zero attached hydrogens (tertiary/aromatic N) is 2. The molecule has 2 rings (SSSR count). The molecule has 0 aromatic carbocycles. The zero-order valence-electron chi connectivity index (χ0n) is 7.70. The first-order valence-corrected chi connectivity index (χ1v) is 4.59. The van der Waals surface area contributed by atoms with Crippen molar-refractivity contribution in [2.45, 2.75) is 32.5 Å². The van der Waals surface area contributed by atoms with Gasteiger partial charge in [0.15, 0.2) is 6.17 Å². The highest BCUT2D eigenvalue weighted by Gasteiger charge is 2.23. The highest BCUT2D eigenvalue weighted by Crippen LogP contribution is 2.08. The lowest BCUT2D eigenvalue weighted by molar-refractivity contribution is -0.737. The summed E-state index contributed by atoms with van der Waals surface area (Å²) in [6.07, 6.45) is 8.24. The van der Waals surface area contributed by atoms with Gasteiger partial charge >= 0.3 is 0 Å². The third kappa shape index (κ3) is 1.25. The number of hydrogen-bond donors (Lipinski definition) is 1. The van der Waals surface area contributed by atoms with Crippen LogP contribution in [0.15, 0.2) is 18.7 Å². The maximum atomic E-state index is 3.36. The molecule has 1 fully saturated rings. The minimum absolute atomic E-state index is 0.546. The number of hydrogen-bond acceptors (Lipinski definition) is 1. The van der Waals surface area contributed by atoms with Crippen LogP contribution in [0.25, 0.3) is 0 Å². The van der Waals surface area contributed by atoms with Gasteiger partial charge in [-0.1, -0.05) is 0 Å². The van der Waals surface area contributed by atoms with Gasteiger partial charge < -0.3 is 0 Å². The Labute approximate surface area is 73.0 Å². The van der Waals surface area contributed by atoms with Crippen molar-refractivity contribution in [3.05, 3.63) is 18.7 Å². The fourth-order valence-electron chi connectivity index (χ4n) is 1.40. The second kappa shape index (κ2) is 2.90. The molecule has 0 saturated carbocycles. The predicted molar refractivity (Wildman–Crippen MR) is 46.7 cm³/mol. The van der Waals surface area contributed by atoms with Gasteiger partial charge in [0.1, 0.15) is 12.4 Å². The molecule has 0 bridgehead atoms. The van der Waals surface area contributed by atoms with Crippen molar-refractivity contribution in [2.24, 2.45) is 0 Å². The number of rotatable bonds is 2. The van der Waals surface area contributed by atoms with Crippen molar-refractivity contribution in [2.75, 3.05) is 6.54 Å². The van der Waals surface area contributed by atoms with Gasteiger partial charge in [-0.2, -0.15) is 0 Å². The molecule has 1 saturated heterocycles. The standard InChI is InChI=1S/C9H16N3/c1-8(2)11-5-6-12(7-11)9-3-4-10-9/h5-10H,3-4H2,1-2H3/q+1. The van der Waals surface area contributed by atoms with Crippen molar-refractivity contribution >= 4 is 0 Å². The monoisotopic (exact) mass is 166 g/mol. The van der Waals surface area contributed by atoms with Gasteiger partial charge in [-0.3, -0.25) is 5.32 Å². The van der Waals surface area contributed by atoms with E-state index in [0.717, 1.165) is 6.54 Å². The molecule has 0 aliphatic carbocycles. The molecule has 1 aromatic rings. The summed E-state index contributed by atoms with van der Waals surface area (Å²) in [6, 6.07) is 0.561. The lowest BCUT2D eigenvalue weighted by atomic mass is 10.2. The molecule has 1 N–H and O–H groups in total. The van der Waals surface area contributed by atoms with Crippen LogP contribution in [0.1, 0.15) is 32.5 Å². The number of aromatic nitrogens is 2. The van der Waals surface area contributed by atoms with E-state index >= 15 is 0 Å². The Morgan fingerprint density at radius 3 is 2.75 bits per heavy atom. The molecular weight excluding hydrogens is 150 g/mol. The Hall–Kier alpha value is -0.830. The van der Waals surface area contributed by atoms with Crippen LogP contribution in [-0.4, -0.2) is 11.1 Å². The van der Waals surface area contributed by atoms with Crippen molar-refractivity contribution in [3.63, 3.8) is 0 Å². The number of imidazole rings is 1. The molecule has 66 valence electrons. The fourth-order valence-corrected chi connectivity index (χ4v) is 1.40. The van der Waals surface area contributed by atoms with E-state index in [9.17, 15) is 0 Å². The molecule has 1 unspecified atom stereocenters. The molecule has 12 heavy (non-hydrogen) atoms. The molecule has 1 aromatic heterocycles. The van der Waals surface area contributed by atoms with Gasteiger partial charge in [0.05, 0.1) is 6.04 Å². The molecule has 3 heteroatoms. The van der Waals surface area contributed by atoms with E-state index in [2.05, 4.69) is 47.0 Å². The second-order valence-corrected chi connectivity index (χ2v) is 3.66. The van der Waals surface area contributed by atoms with Crippen LogP contribution >= 0.6 is 0 Å². The van der Waals surface area contributed by atoms with E-state index < -0.39 is 0 Å². The summed E-state index contributed by atoms with van der Waals surface area (Å²) < 4.78 is 4.46. The van der Waals surface area contributed by atoms with E-state index in [1.807, 2.05) is 0 Å². The van der Waals surface area contributed by atoms with Crippen LogP contribution in [0, 0.1) is 0 Å². The zero-order valence-corrected chi connectivity index (χ0v) is 7.70. The molecule has 0 spiro atoms. The lowest BCUT2D eigenvalue weighted by Gasteiger charge is -2.23. The van der Waals surface area contributed by atoms with Crippen LogP contribution in [0.5, 0.6) is 0 Å². The normalized spacial score (nSPS) is 22.8. The van der Waals surface area contributed by atoms with Gasteiger partial charge in [-0.15, -0.1) is 0 Å². The highest BCUT2D eigenvalue weighted by molar-refractivity contribution is 4.72. The molecule has 3 nitrogen and oxygen atoms in total. The fraction of sp³-hybridized carbons (Fsp3) is 0.667. The molecule has 0 amide bonds.